The molecule has 1 aliphatic heterocycles. The third-order valence-corrected chi connectivity index (χ3v) is 5.44. The zero-order valence-electron chi connectivity index (χ0n) is 12.0. The predicted octanol–water partition coefficient (Wildman–Crippen LogP) is 2.48. The Morgan fingerprint density at radius 1 is 1.41 bits per heavy atom. The van der Waals surface area contributed by atoms with Gasteiger partial charge in [0.15, 0.2) is 0 Å². The van der Waals surface area contributed by atoms with Crippen molar-refractivity contribution >= 4 is 29.2 Å². The first-order valence-corrected chi connectivity index (χ1v) is 7.81. The predicted molar refractivity (Wildman–Crippen MR) is 79.7 cm³/mol. The SMILES string of the molecule is COc1ccc(Cl)cc1NC(=O)[C@H]1[C@H]2C[C@@H]3[C@@H]1C(=O)O[C@H]3C2. The first kappa shape index (κ1) is 13.9. The van der Waals surface area contributed by atoms with Crippen LogP contribution in [0.15, 0.2) is 18.2 Å². The summed E-state index contributed by atoms with van der Waals surface area (Å²) in [6.45, 7) is 0. The Morgan fingerprint density at radius 2 is 2.23 bits per heavy atom. The summed E-state index contributed by atoms with van der Waals surface area (Å²) < 4.78 is 10.6. The van der Waals surface area contributed by atoms with E-state index in [0.29, 0.717) is 16.5 Å². The molecule has 1 N–H and O–H groups in total. The van der Waals surface area contributed by atoms with Crippen molar-refractivity contribution in [3.05, 3.63) is 23.2 Å². The van der Waals surface area contributed by atoms with Crippen molar-refractivity contribution in [3.63, 3.8) is 0 Å². The van der Waals surface area contributed by atoms with Crippen LogP contribution in [0.25, 0.3) is 0 Å². The van der Waals surface area contributed by atoms with Gasteiger partial charge in [0.2, 0.25) is 5.91 Å². The summed E-state index contributed by atoms with van der Waals surface area (Å²) in [6.07, 6.45) is 1.75. The van der Waals surface area contributed by atoms with Gasteiger partial charge in [-0.3, -0.25) is 9.59 Å². The number of carbonyl (C=O) groups excluding carboxylic acids is 2. The number of fused-ring (bicyclic) bond motifs is 1. The highest BCUT2D eigenvalue weighted by Crippen LogP contribution is 2.57. The number of esters is 1. The zero-order chi connectivity index (χ0) is 15.4. The maximum atomic E-state index is 12.7. The van der Waals surface area contributed by atoms with Crippen LogP contribution in [0.3, 0.4) is 0 Å². The first-order valence-electron chi connectivity index (χ1n) is 7.43. The second-order valence-electron chi connectivity index (χ2n) is 6.26. The number of nitrogens with one attached hydrogen (secondary N) is 1. The lowest BCUT2D eigenvalue weighted by atomic mass is 9.79. The Labute approximate surface area is 132 Å². The second-order valence-corrected chi connectivity index (χ2v) is 6.69. The Balaban J connectivity index is 1.59. The molecule has 0 spiro atoms. The van der Waals surface area contributed by atoms with Crippen molar-refractivity contribution in [1.29, 1.82) is 0 Å². The van der Waals surface area contributed by atoms with E-state index in [4.69, 9.17) is 21.1 Å². The summed E-state index contributed by atoms with van der Waals surface area (Å²) in [4.78, 5) is 24.7. The summed E-state index contributed by atoms with van der Waals surface area (Å²) in [5.74, 6) is 0.0522. The molecule has 1 heterocycles. The van der Waals surface area contributed by atoms with Crippen molar-refractivity contribution in [3.8, 4) is 5.75 Å². The summed E-state index contributed by atoms with van der Waals surface area (Å²) in [6, 6.07) is 5.06. The Bertz CT molecular complexity index is 660. The smallest absolute Gasteiger partial charge is 0.310 e. The van der Waals surface area contributed by atoms with Crippen LogP contribution in [0.5, 0.6) is 5.75 Å². The zero-order valence-corrected chi connectivity index (χ0v) is 12.8. The van der Waals surface area contributed by atoms with E-state index in [-0.39, 0.29) is 41.7 Å². The number of methoxy groups -OCH3 is 1. The standard InChI is InChI=1S/C16H16ClNO4/c1-21-11-3-2-8(17)6-10(11)18-15(19)13-7-4-9-12(5-7)22-16(20)14(9)13/h2-3,6-7,9,12-14H,4-5H2,1H3,(H,18,19)/t7-,9-,12-,13-,14-/m0/s1. The summed E-state index contributed by atoms with van der Waals surface area (Å²) >= 11 is 5.98. The molecule has 1 aromatic rings. The Kier molecular flexibility index (Phi) is 3.08. The first-order chi connectivity index (χ1) is 10.6. The number of amides is 1. The van der Waals surface area contributed by atoms with E-state index in [1.807, 2.05) is 0 Å². The molecule has 1 aromatic carbocycles. The molecule has 3 fully saturated rings. The van der Waals surface area contributed by atoms with E-state index in [0.717, 1.165) is 12.8 Å². The Morgan fingerprint density at radius 3 is 3.00 bits per heavy atom. The lowest BCUT2D eigenvalue weighted by molar-refractivity contribution is -0.145. The van der Waals surface area contributed by atoms with Gasteiger partial charge >= 0.3 is 5.97 Å². The average molecular weight is 322 g/mol. The minimum Gasteiger partial charge on any atom is -0.495 e. The van der Waals surface area contributed by atoms with Gasteiger partial charge in [-0.1, -0.05) is 11.6 Å². The molecule has 6 heteroatoms. The number of halogens is 1. The summed E-state index contributed by atoms with van der Waals surface area (Å²) in [5.41, 5.74) is 0.533. The fourth-order valence-electron chi connectivity index (χ4n) is 4.36. The molecule has 5 atom stereocenters. The molecule has 3 aliphatic rings. The molecule has 1 saturated heterocycles. The topological polar surface area (TPSA) is 64.6 Å². The molecule has 5 nitrogen and oxygen atoms in total. The molecule has 4 rings (SSSR count). The van der Waals surface area contributed by atoms with Gasteiger partial charge in [-0.05, 0) is 37.0 Å². The number of benzene rings is 1. The van der Waals surface area contributed by atoms with Crippen LogP contribution in [-0.2, 0) is 14.3 Å². The van der Waals surface area contributed by atoms with Crippen LogP contribution in [0.2, 0.25) is 5.02 Å². The molecule has 0 aromatic heterocycles. The number of anilines is 1. The van der Waals surface area contributed by atoms with Gasteiger partial charge in [0.25, 0.3) is 0 Å². The van der Waals surface area contributed by atoms with Crippen LogP contribution in [0.4, 0.5) is 5.69 Å². The monoisotopic (exact) mass is 321 g/mol. The van der Waals surface area contributed by atoms with Gasteiger partial charge in [0.1, 0.15) is 11.9 Å². The van der Waals surface area contributed by atoms with E-state index >= 15 is 0 Å². The molecule has 2 aliphatic carbocycles. The molecule has 1 amide bonds. The van der Waals surface area contributed by atoms with Crippen LogP contribution < -0.4 is 10.1 Å². The minimum atomic E-state index is -0.306. The molecular weight excluding hydrogens is 306 g/mol. The van der Waals surface area contributed by atoms with Crippen LogP contribution in [0.1, 0.15) is 12.8 Å². The third kappa shape index (κ3) is 1.92. The van der Waals surface area contributed by atoms with Gasteiger partial charge in [-0.15, -0.1) is 0 Å². The van der Waals surface area contributed by atoms with Gasteiger partial charge in [0, 0.05) is 10.9 Å². The normalized spacial score (nSPS) is 34.6. The van der Waals surface area contributed by atoms with Crippen molar-refractivity contribution < 1.29 is 19.1 Å². The molecule has 116 valence electrons. The maximum Gasteiger partial charge on any atom is 0.310 e. The molecule has 0 radical (unpaired) electrons. The van der Waals surface area contributed by atoms with E-state index in [2.05, 4.69) is 5.32 Å². The van der Waals surface area contributed by atoms with Crippen molar-refractivity contribution in [2.24, 2.45) is 23.7 Å². The summed E-state index contributed by atoms with van der Waals surface area (Å²) in [7, 11) is 1.54. The van der Waals surface area contributed by atoms with E-state index < -0.39 is 0 Å². The number of rotatable bonds is 3. The fraction of sp³-hybridized carbons (Fsp3) is 0.500. The fourth-order valence-corrected chi connectivity index (χ4v) is 4.53. The highest BCUT2D eigenvalue weighted by Gasteiger charge is 2.63. The number of ether oxygens (including phenoxy) is 2. The quantitative estimate of drug-likeness (QED) is 0.869. The van der Waals surface area contributed by atoms with Gasteiger partial charge in [-0.25, -0.2) is 0 Å². The number of hydrogen-bond acceptors (Lipinski definition) is 4. The largest absolute Gasteiger partial charge is 0.495 e. The van der Waals surface area contributed by atoms with Crippen molar-refractivity contribution in [1.82, 2.24) is 0 Å². The summed E-state index contributed by atoms with van der Waals surface area (Å²) in [5, 5.41) is 3.39. The van der Waals surface area contributed by atoms with E-state index in [1.54, 1.807) is 18.2 Å². The highest BCUT2D eigenvalue weighted by atomic mass is 35.5. The van der Waals surface area contributed by atoms with E-state index in [1.165, 1.54) is 7.11 Å². The van der Waals surface area contributed by atoms with E-state index in [9.17, 15) is 9.59 Å². The molecular formula is C16H16ClNO4. The number of carbonyl (C=O) groups is 2. The van der Waals surface area contributed by atoms with Crippen LogP contribution >= 0.6 is 11.6 Å². The van der Waals surface area contributed by atoms with Crippen molar-refractivity contribution in [2.75, 3.05) is 12.4 Å². The average Bonchev–Trinajstić information content (AvgIpc) is 3.08. The second kappa shape index (κ2) is 4.88. The van der Waals surface area contributed by atoms with Crippen molar-refractivity contribution in [2.45, 2.75) is 18.9 Å². The Hall–Kier alpha value is -1.75. The lowest BCUT2D eigenvalue weighted by Crippen LogP contribution is -2.35. The highest BCUT2D eigenvalue weighted by molar-refractivity contribution is 6.31. The molecule has 0 unspecified atom stereocenters. The molecule has 22 heavy (non-hydrogen) atoms. The van der Waals surface area contributed by atoms with Gasteiger partial charge in [0.05, 0.1) is 24.6 Å². The van der Waals surface area contributed by atoms with Gasteiger partial charge < -0.3 is 14.8 Å². The third-order valence-electron chi connectivity index (χ3n) is 5.21. The van der Waals surface area contributed by atoms with Crippen LogP contribution in [0, 0.1) is 23.7 Å². The van der Waals surface area contributed by atoms with Gasteiger partial charge in [-0.2, -0.15) is 0 Å². The molecule has 2 bridgehead atoms. The maximum absolute atomic E-state index is 12.7. The lowest BCUT2D eigenvalue weighted by Gasteiger charge is -2.24. The minimum absolute atomic E-state index is 0.0345. The molecule has 2 saturated carbocycles. The van der Waals surface area contributed by atoms with Crippen LogP contribution in [-0.4, -0.2) is 25.1 Å². The number of hydrogen-bond donors (Lipinski definition) is 1.